The molecule has 2 heterocycles. The minimum absolute atomic E-state index is 0.0613. The molecule has 4 atom stereocenters. The Morgan fingerprint density at radius 3 is 2.74 bits per heavy atom. The van der Waals surface area contributed by atoms with Crippen LogP contribution in [0.25, 0.3) is 0 Å². The van der Waals surface area contributed by atoms with E-state index in [4.69, 9.17) is 4.74 Å². The van der Waals surface area contributed by atoms with Gasteiger partial charge in [-0.1, -0.05) is 51.8 Å². The number of fused-ring (bicyclic) bond motifs is 2. The molecule has 0 spiro atoms. The molecule has 4 heteroatoms. The van der Waals surface area contributed by atoms with Gasteiger partial charge in [-0.15, -0.1) is 0 Å². The van der Waals surface area contributed by atoms with Gasteiger partial charge in [0.1, 0.15) is 0 Å². The fraction of sp³-hybridized carbons (Fsp3) is 0.526. The van der Waals surface area contributed by atoms with Gasteiger partial charge in [0, 0.05) is 24.5 Å². The molecule has 2 saturated heterocycles. The number of rotatable bonds is 4. The highest BCUT2D eigenvalue weighted by molar-refractivity contribution is 9.11. The Morgan fingerprint density at radius 2 is 2.09 bits per heavy atom. The first-order valence-electron chi connectivity index (χ1n) is 8.31. The summed E-state index contributed by atoms with van der Waals surface area (Å²) in [4.78, 5) is 16.9. The maximum atomic E-state index is 12.5. The van der Waals surface area contributed by atoms with Crippen molar-refractivity contribution in [1.29, 1.82) is 0 Å². The Kier molecular flexibility index (Phi) is 5.22. The maximum absolute atomic E-state index is 12.5. The van der Waals surface area contributed by atoms with E-state index in [2.05, 4.69) is 58.1 Å². The van der Waals surface area contributed by atoms with E-state index in [9.17, 15) is 4.79 Å². The number of methoxy groups -OCH3 is 1. The van der Waals surface area contributed by atoms with Crippen LogP contribution >= 0.6 is 15.9 Å². The molecular formula is C19H24BrNO2. The molecular weight excluding hydrogens is 350 g/mol. The number of aryl methyl sites for hydroxylation is 1. The van der Waals surface area contributed by atoms with E-state index in [-0.39, 0.29) is 23.8 Å². The summed E-state index contributed by atoms with van der Waals surface area (Å²) in [5.74, 6) is 0.142. The molecule has 0 N–H and O–H groups in total. The summed E-state index contributed by atoms with van der Waals surface area (Å²) in [6.45, 7) is 3.00. The third-order valence-corrected chi connectivity index (χ3v) is 5.82. The van der Waals surface area contributed by atoms with Gasteiger partial charge in [0.25, 0.3) is 0 Å². The molecule has 3 rings (SSSR count). The number of halogens is 1. The van der Waals surface area contributed by atoms with Crippen molar-refractivity contribution in [3.05, 3.63) is 46.5 Å². The van der Waals surface area contributed by atoms with E-state index in [0.717, 1.165) is 19.4 Å². The fourth-order valence-electron chi connectivity index (χ4n) is 4.37. The van der Waals surface area contributed by atoms with Gasteiger partial charge in [-0.05, 0) is 36.7 Å². The van der Waals surface area contributed by atoms with Gasteiger partial charge in [-0.2, -0.15) is 0 Å². The average Bonchev–Trinajstić information content (AvgIpc) is 2.84. The lowest BCUT2D eigenvalue weighted by Gasteiger charge is -2.43. The molecule has 23 heavy (non-hydrogen) atoms. The summed E-state index contributed by atoms with van der Waals surface area (Å²) in [5, 5.41) is 0. The summed E-state index contributed by atoms with van der Waals surface area (Å²) in [6, 6.07) is 9.51. The van der Waals surface area contributed by atoms with E-state index in [1.807, 2.05) is 4.99 Å². The summed E-state index contributed by atoms with van der Waals surface area (Å²) < 4.78 is 5.18. The summed E-state index contributed by atoms with van der Waals surface area (Å²) in [7, 11) is 1.51. The minimum atomic E-state index is -0.0646. The first kappa shape index (κ1) is 16.7. The number of carbonyl (C=O) groups is 1. The monoisotopic (exact) mass is 374 g/mol. The summed E-state index contributed by atoms with van der Waals surface area (Å²) >= 11 is 3.35. The second kappa shape index (κ2) is 7.18. The highest BCUT2D eigenvalue weighted by Gasteiger charge is 2.50. The third-order valence-electron chi connectivity index (χ3n) is 5.45. The summed E-state index contributed by atoms with van der Waals surface area (Å²) in [6.07, 6.45) is 5.42. The topological polar surface area (TPSA) is 29.5 Å². The number of piperidine rings is 1. The second-order valence-corrected chi connectivity index (χ2v) is 7.19. The molecule has 3 nitrogen and oxygen atoms in total. The maximum Gasteiger partial charge on any atom is 0.310 e. The molecule has 1 aromatic rings. The van der Waals surface area contributed by atoms with E-state index in [1.165, 1.54) is 24.7 Å². The zero-order valence-corrected chi connectivity index (χ0v) is 15.3. The van der Waals surface area contributed by atoms with Crippen molar-refractivity contribution in [2.45, 2.75) is 44.2 Å². The van der Waals surface area contributed by atoms with Crippen LogP contribution in [0.1, 0.15) is 36.3 Å². The molecule has 124 valence electrons. The van der Waals surface area contributed by atoms with Crippen molar-refractivity contribution >= 4 is 21.9 Å². The molecule has 0 radical (unpaired) electrons. The highest BCUT2D eigenvalue weighted by atomic mass is 75.9. The molecule has 2 aliphatic rings. The lowest BCUT2D eigenvalue weighted by Crippen LogP contribution is -2.50. The Hall–Kier alpha value is -1.13. The Bertz CT molecular complexity index is 584. The zero-order valence-electron chi connectivity index (χ0n) is 13.7. The van der Waals surface area contributed by atoms with Crippen LogP contribution in [0.4, 0.5) is 0 Å². The van der Waals surface area contributed by atoms with Crippen LogP contribution in [0.2, 0.25) is 0 Å². The SMILES string of the molecule is COC(=O)[C@H]1[C@@H](c2ccc(C)cc2)C[C@@H]2CC[C@H]1N2C/C=C/[76Br]. The van der Waals surface area contributed by atoms with Gasteiger partial charge in [0.05, 0.1) is 13.0 Å². The smallest absolute Gasteiger partial charge is 0.310 e. The standard InChI is InChI=1S/C19H24BrNO2/c1-13-4-6-14(7-5-13)16-12-15-8-9-17(18(16)19(22)23-2)21(15)11-3-10-20/h3-7,10,15-18H,8-9,11-12H2,1-2H3/b10-3+/t15-,16+,17+,18-/m0/s1/i20-4. The number of ether oxygens (including phenoxy) is 1. The summed E-state index contributed by atoms with van der Waals surface area (Å²) in [5.41, 5.74) is 2.53. The molecule has 2 bridgehead atoms. The lowest BCUT2D eigenvalue weighted by molar-refractivity contribution is -0.150. The number of hydrogen-bond acceptors (Lipinski definition) is 3. The molecule has 1 aromatic carbocycles. The van der Waals surface area contributed by atoms with Crippen molar-refractivity contribution in [3.63, 3.8) is 0 Å². The third kappa shape index (κ3) is 3.24. The van der Waals surface area contributed by atoms with E-state index in [1.54, 1.807) is 0 Å². The molecule has 0 amide bonds. The lowest BCUT2D eigenvalue weighted by atomic mass is 9.76. The quantitative estimate of drug-likeness (QED) is 0.746. The van der Waals surface area contributed by atoms with Crippen molar-refractivity contribution in [2.24, 2.45) is 5.92 Å². The van der Waals surface area contributed by atoms with Crippen LogP contribution in [0.3, 0.4) is 0 Å². The van der Waals surface area contributed by atoms with Gasteiger partial charge in [0.15, 0.2) is 0 Å². The van der Waals surface area contributed by atoms with Gasteiger partial charge < -0.3 is 4.74 Å². The zero-order chi connectivity index (χ0) is 16.4. The van der Waals surface area contributed by atoms with Crippen molar-refractivity contribution in [1.82, 2.24) is 4.90 Å². The van der Waals surface area contributed by atoms with E-state index >= 15 is 0 Å². The minimum Gasteiger partial charge on any atom is -0.469 e. The Labute approximate surface area is 146 Å². The van der Waals surface area contributed by atoms with Crippen LogP contribution in [0, 0.1) is 12.8 Å². The van der Waals surface area contributed by atoms with Crippen molar-refractivity contribution < 1.29 is 9.53 Å². The van der Waals surface area contributed by atoms with Gasteiger partial charge in [0.2, 0.25) is 0 Å². The molecule has 2 fully saturated rings. The molecule has 0 aliphatic carbocycles. The number of carbonyl (C=O) groups excluding carboxylic acids is 1. The molecule has 0 saturated carbocycles. The largest absolute Gasteiger partial charge is 0.469 e. The van der Waals surface area contributed by atoms with Crippen LogP contribution in [0.5, 0.6) is 0 Å². The predicted octanol–water partition coefficient (Wildman–Crippen LogP) is 4.01. The van der Waals surface area contributed by atoms with E-state index < -0.39 is 0 Å². The second-order valence-electron chi connectivity index (χ2n) is 6.66. The normalized spacial score (nSPS) is 30.7. The number of esters is 1. The number of nitrogens with zero attached hydrogens (tertiary/aromatic N) is 1. The fourth-order valence-corrected chi connectivity index (χ4v) is 4.54. The first-order valence-corrected chi connectivity index (χ1v) is 9.22. The molecule has 2 aliphatic heterocycles. The van der Waals surface area contributed by atoms with Crippen LogP contribution in [-0.2, 0) is 9.53 Å². The van der Waals surface area contributed by atoms with Crippen molar-refractivity contribution in [2.75, 3.05) is 13.7 Å². The van der Waals surface area contributed by atoms with Crippen molar-refractivity contribution in [3.8, 4) is 0 Å². The number of hydrogen-bond donors (Lipinski definition) is 0. The molecule has 0 unspecified atom stereocenters. The van der Waals surface area contributed by atoms with Gasteiger partial charge in [-0.25, -0.2) is 0 Å². The first-order chi connectivity index (χ1) is 11.2. The average molecular weight is 374 g/mol. The Morgan fingerprint density at radius 1 is 1.35 bits per heavy atom. The number of benzene rings is 1. The van der Waals surface area contributed by atoms with Crippen LogP contribution < -0.4 is 0 Å². The van der Waals surface area contributed by atoms with Crippen LogP contribution in [0.15, 0.2) is 35.3 Å². The Balaban J connectivity index is 1.91. The molecule has 0 aromatic heterocycles. The van der Waals surface area contributed by atoms with Crippen LogP contribution in [-0.4, -0.2) is 36.6 Å². The highest BCUT2D eigenvalue weighted by Crippen LogP contribution is 2.47. The van der Waals surface area contributed by atoms with Gasteiger partial charge >= 0.3 is 5.97 Å². The van der Waals surface area contributed by atoms with Gasteiger partial charge in [-0.3, -0.25) is 9.69 Å². The predicted molar refractivity (Wildman–Crippen MR) is 95.6 cm³/mol. The van der Waals surface area contributed by atoms with E-state index in [0.29, 0.717) is 6.04 Å².